The lowest BCUT2D eigenvalue weighted by Gasteiger charge is -2.24. The summed E-state index contributed by atoms with van der Waals surface area (Å²) in [5.41, 5.74) is 3.16. The number of sulfonamides is 1. The van der Waals surface area contributed by atoms with Crippen molar-refractivity contribution in [3.63, 3.8) is 0 Å². The zero-order chi connectivity index (χ0) is 22.8. The molecule has 7 nitrogen and oxygen atoms in total. The third kappa shape index (κ3) is 5.08. The van der Waals surface area contributed by atoms with Gasteiger partial charge in [-0.1, -0.05) is 41.4 Å². The van der Waals surface area contributed by atoms with E-state index in [1.54, 1.807) is 57.3 Å². The van der Waals surface area contributed by atoms with Gasteiger partial charge in [-0.2, -0.15) is 5.10 Å². The molecule has 1 aromatic heterocycles. The number of nitrogens with one attached hydrogen (secondary N) is 1. The van der Waals surface area contributed by atoms with E-state index in [2.05, 4.69) is 10.4 Å². The van der Waals surface area contributed by atoms with Gasteiger partial charge in [0.1, 0.15) is 11.4 Å². The number of nitrogens with zero attached hydrogens (tertiary/aromatic N) is 3. The maximum Gasteiger partial charge on any atom is 0.268 e. The Labute approximate surface area is 187 Å². The van der Waals surface area contributed by atoms with Crippen molar-refractivity contribution in [2.75, 3.05) is 10.8 Å². The van der Waals surface area contributed by atoms with Crippen molar-refractivity contribution in [1.29, 1.82) is 0 Å². The van der Waals surface area contributed by atoms with Crippen molar-refractivity contribution in [3.05, 3.63) is 76.1 Å². The quantitative estimate of drug-likeness (QED) is 0.584. The molecule has 0 unspecified atom stereocenters. The lowest BCUT2D eigenvalue weighted by molar-refractivity contribution is -0.119. The smallest absolute Gasteiger partial charge is 0.268 e. The van der Waals surface area contributed by atoms with Crippen LogP contribution in [0.1, 0.15) is 22.5 Å². The first kappa shape index (κ1) is 22.8. The highest BCUT2D eigenvalue weighted by molar-refractivity contribution is 7.93. The topological polar surface area (TPSA) is 84.3 Å². The van der Waals surface area contributed by atoms with Crippen molar-refractivity contribution in [1.82, 2.24) is 15.1 Å². The minimum absolute atomic E-state index is 0.112. The fourth-order valence-corrected chi connectivity index (χ4v) is 5.21. The minimum atomic E-state index is -4.02. The molecule has 0 saturated heterocycles. The Kier molecular flexibility index (Phi) is 6.71. The predicted octanol–water partition coefficient (Wildman–Crippen LogP) is 3.51. The van der Waals surface area contributed by atoms with E-state index in [0.717, 1.165) is 15.4 Å². The monoisotopic (exact) mass is 460 g/mol. The molecule has 0 bridgehead atoms. The summed E-state index contributed by atoms with van der Waals surface area (Å²) in [4.78, 5) is 12.8. The molecule has 0 aliphatic carbocycles. The van der Waals surface area contributed by atoms with Crippen LogP contribution in [0.4, 0.5) is 5.69 Å². The van der Waals surface area contributed by atoms with E-state index in [0.29, 0.717) is 22.1 Å². The highest BCUT2D eigenvalue weighted by Crippen LogP contribution is 2.28. The molecule has 164 valence electrons. The predicted molar refractivity (Wildman–Crippen MR) is 122 cm³/mol. The van der Waals surface area contributed by atoms with Crippen LogP contribution in [0.3, 0.4) is 0 Å². The first-order valence-corrected chi connectivity index (χ1v) is 11.5. The summed E-state index contributed by atoms with van der Waals surface area (Å²) in [6.45, 7) is 5.17. The van der Waals surface area contributed by atoms with Crippen LogP contribution in [0, 0.1) is 20.8 Å². The van der Waals surface area contributed by atoms with Crippen LogP contribution in [-0.4, -0.2) is 30.7 Å². The molecule has 0 radical (unpaired) electrons. The lowest BCUT2D eigenvalue weighted by atomic mass is 10.2. The maximum absolute atomic E-state index is 13.6. The molecule has 0 aliphatic heterocycles. The Hall–Kier alpha value is -2.84. The molecule has 3 aromatic rings. The van der Waals surface area contributed by atoms with Crippen LogP contribution in [-0.2, 0) is 28.4 Å². The molecule has 2 aromatic carbocycles. The number of anilines is 1. The Morgan fingerprint density at radius 3 is 2.23 bits per heavy atom. The second-order valence-electron chi connectivity index (χ2n) is 7.37. The number of benzene rings is 2. The van der Waals surface area contributed by atoms with Crippen LogP contribution >= 0.6 is 11.6 Å². The van der Waals surface area contributed by atoms with Gasteiger partial charge in [-0.15, -0.1) is 0 Å². The normalized spacial score (nSPS) is 11.4. The van der Waals surface area contributed by atoms with Crippen molar-refractivity contribution in [2.24, 2.45) is 7.05 Å². The van der Waals surface area contributed by atoms with E-state index in [1.807, 2.05) is 19.1 Å². The highest BCUT2D eigenvalue weighted by atomic mass is 35.5. The maximum atomic E-state index is 13.6. The molecule has 1 heterocycles. The van der Waals surface area contributed by atoms with E-state index in [-0.39, 0.29) is 18.0 Å². The summed E-state index contributed by atoms with van der Waals surface area (Å²) in [6, 6.07) is 14.1. The molecule has 1 amide bonds. The molecule has 0 aliphatic rings. The molecule has 3 rings (SSSR count). The minimum Gasteiger partial charge on any atom is -0.350 e. The van der Waals surface area contributed by atoms with Crippen LogP contribution in [0.15, 0.2) is 53.4 Å². The highest BCUT2D eigenvalue weighted by Gasteiger charge is 2.32. The van der Waals surface area contributed by atoms with Crippen LogP contribution in [0.2, 0.25) is 5.02 Å². The summed E-state index contributed by atoms with van der Waals surface area (Å²) in [5.74, 6) is -0.418. The molecule has 0 fully saturated rings. The molecule has 0 saturated carbocycles. The fourth-order valence-electron chi connectivity index (χ4n) is 3.25. The van der Waals surface area contributed by atoms with E-state index >= 15 is 0 Å². The van der Waals surface area contributed by atoms with Gasteiger partial charge in [0.15, 0.2) is 0 Å². The summed E-state index contributed by atoms with van der Waals surface area (Å²) in [5, 5.41) is 7.61. The van der Waals surface area contributed by atoms with Gasteiger partial charge in [0.2, 0.25) is 5.91 Å². The first-order valence-electron chi connectivity index (χ1n) is 9.70. The number of carbonyl (C=O) groups excluding carboxylic acids is 1. The zero-order valence-electron chi connectivity index (χ0n) is 17.9. The second kappa shape index (κ2) is 9.11. The Bertz CT molecular complexity index is 1190. The van der Waals surface area contributed by atoms with E-state index in [9.17, 15) is 13.2 Å². The summed E-state index contributed by atoms with van der Waals surface area (Å²) in [6.07, 6.45) is 0. The Morgan fingerprint density at radius 2 is 1.68 bits per heavy atom. The number of aromatic nitrogens is 2. The van der Waals surface area contributed by atoms with E-state index in [1.165, 1.54) is 4.68 Å². The number of amides is 1. The lowest BCUT2D eigenvalue weighted by Crippen LogP contribution is -2.41. The van der Waals surface area contributed by atoms with Gasteiger partial charge in [-0.3, -0.25) is 13.8 Å². The zero-order valence-corrected chi connectivity index (χ0v) is 19.5. The number of hydrogen-bond acceptors (Lipinski definition) is 4. The standard InChI is InChI=1S/C22H25ClN4O3S/c1-15-5-11-20(12-6-15)27(31(29,30)22-16(2)25-26(4)17(22)3)14-21(28)24-13-18-7-9-19(23)10-8-18/h5-12H,13-14H2,1-4H3,(H,24,28). The average Bonchev–Trinajstić information content (AvgIpc) is 2.98. The third-order valence-corrected chi connectivity index (χ3v) is 7.28. The summed E-state index contributed by atoms with van der Waals surface area (Å²) >= 11 is 5.89. The van der Waals surface area contributed by atoms with Crippen LogP contribution in [0.25, 0.3) is 0 Å². The van der Waals surface area contributed by atoms with Crippen LogP contribution < -0.4 is 9.62 Å². The summed E-state index contributed by atoms with van der Waals surface area (Å²) < 4.78 is 29.8. The number of halogens is 1. The van der Waals surface area contributed by atoms with Gasteiger partial charge in [0.25, 0.3) is 10.0 Å². The van der Waals surface area contributed by atoms with Gasteiger partial charge in [-0.05, 0) is 50.6 Å². The van der Waals surface area contributed by atoms with Crippen molar-refractivity contribution in [2.45, 2.75) is 32.2 Å². The first-order chi connectivity index (χ1) is 14.6. The Balaban J connectivity index is 1.90. The van der Waals surface area contributed by atoms with Gasteiger partial charge < -0.3 is 5.32 Å². The van der Waals surface area contributed by atoms with E-state index < -0.39 is 15.9 Å². The van der Waals surface area contributed by atoms with Gasteiger partial charge in [-0.25, -0.2) is 8.42 Å². The van der Waals surface area contributed by atoms with Crippen molar-refractivity contribution in [3.8, 4) is 0 Å². The molecule has 0 atom stereocenters. The number of rotatable bonds is 7. The SMILES string of the molecule is Cc1ccc(N(CC(=O)NCc2ccc(Cl)cc2)S(=O)(=O)c2c(C)nn(C)c2C)cc1. The molecule has 31 heavy (non-hydrogen) atoms. The van der Waals surface area contributed by atoms with Crippen molar-refractivity contribution < 1.29 is 13.2 Å². The third-order valence-electron chi connectivity index (χ3n) is 5.00. The van der Waals surface area contributed by atoms with E-state index in [4.69, 9.17) is 11.6 Å². The molecular formula is C22H25ClN4O3S. The van der Waals surface area contributed by atoms with Gasteiger partial charge in [0.05, 0.1) is 17.1 Å². The fraction of sp³-hybridized carbons (Fsp3) is 0.273. The number of hydrogen-bond donors (Lipinski definition) is 1. The van der Waals surface area contributed by atoms with Crippen molar-refractivity contribution >= 4 is 33.2 Å². The second-order valence-corrected chi connectivity index (χ2v) is 9.61. The summed E-state index contributed by atoms with van der Waals surface area (Å²) in [7, 11) is -2.33. The van der Waals surface area contributed by atoms with Crippen LogP contribution in [0.5, 0.6) is 0 Å². The van der Waals surface area contributed by atoms with Gasteiger partial charge in [0, 0.05) is 18.6 Å². The number of aryl methyl sites for hydroxylation is 3. The number of carbonyl (C=O) groups is 1. The molecule has 0 spiro atoms. The largest absolute Gasteiger partial charge is 0.350 e. The average molecular weight is 461 g/mol. The van der Waals surface area contributed by atoms with Gasteiger partial charge >= 0.3 is 0 Å². The molecule has 1 N–H and O–H groups in total. The molecular weight excluding hydrogens is 436 g/mol. The molecule has 9 heteroatoms. The Morgan fingerprint density at radius 1 is 1.06 bits per heavy atom.